The second-order valence-electron chi connectivity index (χ2n) is 6.19. The summed E-state index contributed by atoms with van der Waals surface area (Å²) in [6.45, 7) is 3.82. The Hall–Kier alpha value is -3.75. The van der Waals surface area contributed by atoms with E-state index in [4.69, 9.17) is 4.74 Å². The van der Waals surface area contributed by atoms with Crippen molar-refractivity contribution in [1.29, 1.82) is 0 Å². The number of carbonyl (C=O) groups is 1. The van der Waals surface area contributed by atoms with Crippen molar-refractivity contribution in [1.82, 2.24) is 14.9 Å². The molecule has 0 bridgehead atoms. The van der Waals surface area contributed by atoms with Gasteiger partial charge in [0.25, 0.3) is 5.91 Å². The number of rotatable bonds is 7. The molecule has 1 aromatic heterocycles. The van der Waals surface area contributed by atoms with E-state index < -0.39 is 16.6 Å². The van der Waals surface area contributed by atoms with Crippen molar-refractivity contribution in [3.05, 3.63) is 81.7 Å². The predicted molar refractivity (Wildman–Crippen MR) is 104 cm³/mol. The van der Waals surface area contributed by atoms with Gasteiger partial charge in [-0.1, -0.05) is 6.07 Å². The molecule has 150 valence electrons. The molecule has 0 spiro atoms. The molecule has 1 N–H and O–H groups in total. The number of ether oxygens (including phenoxy) is 1. The normalized spacial score (nSPS) is 10.6. The van der Waals surface area contributed by atoms with Crippen LogP contribution in [0, 0.1) is 22.9 Å². The lowest BCUT2D eigenvalue weighted by Crippen LogP contribution is -2.23. The number of nitro groups is 1. The van der Waals surface area contributed by atoms with E-state index in [1.807, 2.05) is 0 Å². The molecule has 29 heavy (non-hydrogen) atoms. The van der Waals surface area contributed by atoms with Gasteiger partial charge in [-0.3, -0.25) is 14.9 Å². The van der Waals surface area contributed by atoms with Gasteiger partial charge in [0.15, 0.2) is 5.75 Å². The van der Waals surface area contributed by atoms with Gasteiger partial charge in [0.05, 0.1) is 17.2 Å². The molecule has 8 nitrogen and oxygen atoms in total. The first-order valence-electron chi connectivity index (χ1n) is 8.89. The van der Waals surface area contributed by atoms with Crippen LogP contribution in [0.4, 0.5) is 10.1 Å². The molecule has 0 saturated carbocycles. The Balaban J connectivity index is 1.72. The van der Waals surface area contributed by atoms with Crippen molar-refractivity contribution in [3.63, 3.8) is 0 Å². The van der Waals surface area contributed by atoms with Gasteiger partial charge in [-0.2, -0.15) is 0 Å². The summed E-state index contributed by atoms with van der Waals surface area (Å²) < 4.78 is 21.3. The third kappa shape index (κ3) is 4.40. The van der Waals surface area contributed by atoms with Crippen LogP contribution in [-0.2, 0) is 6.54 Å². The monoisotopic (exact) mass is 398 g/mol. The first-order chi connectivity index (χ1) is 13.9. The van der Waals surface area contributed by atoms with Gasteiger partial charge in [0.1, 0.15) is 11.6 Å². The zero-order chi connectivity index (χ0) is 21.0. The van der Waals surface area contributed by atoms with Gasteiger partial charge in [-0.15, -0.1) is 0 Å². The third-order valence-corrected chi connectivity index (χ3v) is 4.27. The fourth-order valence-corrected chi connectivity index (χ4v) is 2.85. The van der Waals surface area contributed by atoms with Crippen molar-refractivity contribution in [2.75, 3.05) is 6.61 Å². The van der Waals surface area contributed by atoms with Gasteiger partial charge in [0, 0.05) is 30.6 Å². The number of carbonyl (C=O) groups excluding carboxylic acids is 1. The van der Waals surface area contributed by atoms with E-state index in [1.54, 1.807) is 42.9 Å². The van der Waals surface area contributed by atoms with E-state index in [9.17, 15) is 19.3 Å². The highest BCUT2D eigenvalue weighted by Crippen LogP contribution is 2.28. The number of hydrogen-bond donors (Lipinski definition) is 1. The number of amides is 1. The minimum atomic E-state index is -0.603. The van der Waals surface area contributed by atoms with Crippen LogP contribution in [0.3, 0.4) is 0 Å². The largest absolute Gasteiger partial charge is 0.487 e. The molecule has 1 amide bonds. The number of aryl methyl sites for hydroxylation is 1. The first kappa shape index (κ1) is 20.0. The minimum absolute atomic E-state index is 0.0694. The Labute approximate surface area is 166 Å². The number of benzene rings is 2. The van der Waals surface area contributed by atoms with Crippen molar-refractivity contribution < 1.29 is 18.8 Å². The molecule has 0 aliphatic heterocycles. The second-order valence-corrected chi connectivity index (χ2v) is 6.19. The molecule has 3 rings (SSSR count). The van der Waals surface area contributed by atoms with Crippen molar-refractivity contribution in [2.24, 2.45) is 0 Å². The topological polar surface area (TPSA) is 99.3 Å². The Morgan fingerprint density at radius 1 is 1.31 bits per heavy atom. The minimum Gasteiger partial charge on any atom is -0.487 e. The average molecular weight is 398 g/mol. The fourth-order valence-electron chi connectivity index (χ4n) is 2.85. The summed E-state index contributed by atoms with van der Waals surface area (Å²) in [6.07, 6.45) is 3.24. The average Bonchev–Trinajstić information content (AvgIpc) is 3.12. The molecular formula is C20H19FN4O4. The summed E-state index contributed by atoms with van der Waals surface area (Å²) in [5.41, 5.74) is 0.743. The summed E-state index contributed by atoms with van der Waals surface area (Å²) in [7, 11) is 0. The lowest BCUT2D eigenvalue weighted by atomic mass is 10.1. The van der Waals surface area contributed by atoms with E-state index in [0.29, 0.717) is 17.1 Å². The quantitative estimate of drug-likeness (QED) is 0.485. The van der Waals surface area contributed by atoms with Crippen LogP contribution in [0.2, 0.25) is 0 Å². The van der Waals surface area contributed by atoms with Gasteiger partial charge in [-0.05, 0) is 43.7 Å². The molecule has 0 unspecified atom stereocenters. The molecule has 0 saturated heterocycles. The number of nitrogens with one attached hydrogen (secondary N) is 1. The molecule has 3 aromatic rings. The van der Waals surface area contributed by atoms with Gasteiger partial charge >= 0.3 is 5.69 Å². The Bertz CT molecular complexity index is 1060. The molecule has 0 aliphatic rings. The maximum Gasteiger partial charge on any atom is 0.311 e. The van der Waals surface area contributed by atoms with Gasteiger partial charge in [-0.25, -0.2) is 9.37 Å². The summed E-state index contributed by atoms with van der Waals surface area (Å²) in [5, 5.41) is 13.8. The zero-order valence-corrected chi connectivity index (χ0v) is 15.9. The molecule has 0 fully saturated rings. The Kier molecular flexibility index (Phi) is 5.87. The highest BCUT2D eigenvalue weighted by molar-refractivity contribution is 5.95. The molecular weight excluding hydrogens is 379 g/mol. The van der Waals surface area contributed by atoms with Crippen molar-refractivity contribution >= 4 is 11.6 Å². The second kappa shape index (κ2) is 8.51. The van der Waals surface area contributed by atoms with Crippen LogP contribution in [-0.4, -0.2) is 27.0 Å². The van der Waals surface area contributed by atoms with Crippen LogP contribution in [0.5, 0.6) is 5.75 Å². The molecule has 9 heteroatoms. The SMILES string of the molecule is CCOc1ccc(C(=O)NCc2ccc(-n3ccnc3C)c(F)c2)cc1[N+](=O)[O-]. The van der Waals surface area contributed by atoms with Crippen LogP contribution in [0.15, 0.2) is 48.8 Å². The molecule has 1 heterocycles. The third-order valence-electron chi connectivity index (χ3n) is 4.27. The number of nitro benzene ring substituents is 1. The summed E-state index contributed by atoms with van der Waals surface area (Å²) in [4.78, 5) is 27.0. The van der Waals surface area contributed by atoms with Gasteiger partial charge in [0.2, 0.25) is 0 Å². The molecule has 2 aromatic carbocycles. The number of nitrogens with zero attached hydrogens (tertiary/aromatic N) is 3. The maximum absolute atomic E-state index is 14.4. The predicted octanol–water partition coefficient (Wildman–Crippen LogP) is 3.56. The number of imidazole rings is 1. The van der Waals surface area contributed by atoms with E-state index in [0.717, 1.165) is 6.07 Å². The maximum atomic E-state index is 14.4. The smallest absolute Gasteiger partial charge is 0.311 e. The standard InChI is InChI=1S/C20H19FN4O4/c1-3-29-19-7-5-15(11-18(19)25(27)28)20(26)23-12-14-4-6-17(16(21)10-14)24-9-8-22-13(24)2/h4-11H,3,12H2,1-2H3,(H,23,26). The van der Waals surface area contributed by atoms with Crippen molar-refractivity contribution in [2.45, 2.75) is 20.4 Å². The molecule has 0 aliphatic carbocycles. The summed E-state index contributed by atoms with van der Waals surface area (Å²) in [6, 6.07) is 8.62. The lowest BCUT2D eigenvalue weighted by Gasteiger charge is -2.10. The first-order valence-corrected chi connectivity index (χ1v) is 8.89. The number of halogens is 1. The van der Waals surface area contributed by atoms with Gasteiger partial charge < -0.3 is 14.6 Å². The van der Waals surface area contributed by atoms with Crippen LogP contribution >= 0.6 is 0 Å². The zero-order valence-electron chi connectivity index (χ0n) is 15.9. The van der Waals surface area contributed by atoms with E-state index in [-0.39, 0.29) is 30.2 Å². The highest BCUT2D eigenvalue weighted by atomic mass is 19.1. The lowest BCUT2D eigenvalue weighted by molar-refractivity contribution is -0.385. The van der Waals surface area contributed by atoms with Crippen molar-refractivity contribution in [3.8, 4) is 11.4 Å². The van der Waals surface area contributed by atoms with E-state index in [1.165, 1.54) is 18.2 Å². The van der Waals surface area contributed by atoms with Crippen LogP contribution in [0.25, 0.3) is 5.69 Å². The molecule has 0 atom stereocenters. The highest BCUT2D eigenvalue weighted by Gasteiger charge is 2.18. The Morgan fingerprint density at radius 3 is 2.72 bits per heavy atom. The van der Waals surface area contributed by atoms with Crippen LogP contribution < -0.4 is 10.1 Å². The number of aromatic nitrogens is 2. The Morgan fingerprint density at radius 2 is 2.10 bits per heavy atom. The van der Waals surface area contributed by atoms with Crippen LogP contribution in [0.1, 0.15) is 28.7 Å². The fraction of sp³-hybridized carbons (Fsp3) is 0.200. The number of hydrogen-bond acceptors (Lipinski definition) is 5. The van der Waals surface area contributed by atoms with E-state index >= 15 is 0 Å². The summed E-state index contributed by atoms with van der Waals surface area (Å²) in [5.74, 6) is -0.204. The summed E-state index contributed by atoms with van der Waals surface area (Å²) >= 11 is 0. The van der Waals surface area contributed by atoms with E-state index in [2.05, 4.69) is 10.3 Å². The molecule has 0 radical (unpaired) electrons.